The number of hydrogen-bond donors (Lipinski definition) is 0. The second kappa shape index (κ2) is 9.68. The Kier molecular flexibility index (Phi) is 6.48. The minimum atomic E-state index is -0.191. The van der Waals surface area contributed by atoms with Crippen LogP contribution in [-0.2, 0) is 11.2 Å². The predicted molar refractivity (Wildman–Crippen MR) is 132 cm³/mol. The third kappa shape index (κ3) is 4.38. The highest BCUT2D eigenvalue weighted by atomic mass is 35.5. The van der Waals surface area contributed by atoms with E-state index in [4.69, 9.17) is 21.1 Å². The Bertz CT molecular complexity index is 1210. The Balaban J connectivity index is 1.40. The first kappa shape index (κ1) is 22.7. The van der Waals surface area contributed by atoms with Crippen molar-refractivity contribution in [3.8, 4) is 11.5 Å². The lowest BCUT2D eigenvalue weighted by atomic mass is 9.93. The summed E-state index contributed by atoms with van der Waals surface area (Å²) >= 11 is 7.85. The minimum absolute atomic E-state index is 0.0185. The molecular formula is C26H25ClN2O4S. The summed E-state index contributed by atoms with van der Waals surface area (Å²) in [5, 5.41) is 2.74. The maximum atomic E-state index is 13.7. The van der Waals surface area contributed by atoms with Gasteiger partial charge in [0.2, 0.25) is 12.7 Å². The molecule has 5 rings (SSSR count). The van der Waals surface area contributed by atoms with E-state index in [2.05, 4.69) is 11.4 Å². The molecule has 2 aromatic carbocycles. The Morgan fingerprint density at radius 2 is 1.91 bits per heavy atom. The average Bonchev–Trinajstić information content (AvgIpc) is 3.52. The van der Waals surface area contributed by atoms with Crippen molar-refractivity contribution in [2.45, 2.75) is 25.8 Å². The van der Waals surface area contributed by atoms with E-state index in [1.54, 1.807) is 34.4 Å². The van der Waals surface area contributed by atoms with E-state index in [9.17, 15) is 9.59 Å². The Morgan fingerprint density at radius 1 is 1.12 bits per heavy atom. The largest absolute Gasteiger partial charge is 0.454 e. The number of fused-ring (bicyclic) bond motifs is 2. The summed E-state index contributed by atoms with van der Waals surface area (Å²) in [6.07, 6.45) is 1.56. The first-order valence-corrected chi connectivity index (χ1v) is 12.6. The van der Waals surface area contributed by atoms with Crippen molar-refractivity contribution in [1.29, 1.82) is 0 Å². The van der Waals surface area contributed by atoms with Crippen molar-refractivity contribution in [3.05, 3.63) is 80.5 Å². The summed E-state index contributed by atoms with van der Waals surface area (Å²) in [6.45, 7) is 3.26. The maximum Gasteiger partial charge on any atom is 0.254 e. The fourth-order valence-electron chi connectivity index (χ4n) is 4.58. The first-order chi connectivity index (χ1) is 16.5. The standard InChI is InChI=1S/C26H25ClN2O4S/c1-2-11-28(26(31)18-5-8-21-22(14-18)33-16-32-21)15-24(30)29-12-9-23-20(10-13-34-23)25(29)17-3-6-19(27)7-4-17/h3-8,10,13-14,25H,2,9,11-12,15-16H2,1H3. The molecule has 0 fully saturated rings. The molecule has 0 saturated heterocycles. The van der Waals surface area contributed by atoms with E-state index in [1.165, 1.54) is 4.88 Å². The third-order valence-corrected chi connectivity index (χ3v) is 7.45. The van der Waals surface area contributed by atoms with E-state index >= 15 is 0 Å². The van der Waals surface area contributed by atoms with Crippen molar-refractivity contribution in [2.75, 3.05) is 26.4 Å². The molecule has 0 N–H and O–H groups in total. The number of carbonyl (C=O) groups is 2. The summed E-state index contributed by atoms with van der Waals surface area (Å²) in [7, 11) is 0. The van der Waals surface area contributed by atoms with E-state index in [1.807, 2.05) is 36.1 Å². The molecule has 8 heteroatoms. The van der Waals surface area contributed by atoms with Gasteiger partial charge in [-0.15, -0.1) is 11.3 Å². The fourth-order valence-corrected chi connectivity index (χ4v) is 5.61. The number of thiophene rings is 1. The molecular weight excluding hydrogens is 472 g/mol. The number of rotatable bonds is 6. The average molecular weight is 497 g/mol. The Morgan fingerprint density at radius 3 is 2.71 bits per heavy atom. The highest BCUT2D eigenvalue weighted by molar-refractivity contribution is 7.10. The smallest absolute Gasteiger partial charge is 0.254 e. The molecule has 1 atom stereocenters. The highest BCUT2D eigenvalue weighted by Crippen LogP contribution is 2.38. The molecule has 0 bridgehead atoms. The van der Waals surface area contributed by atoms with Crippen LogP contribution in [0.2, 0.25) is 5.02 Å². The summed E-state index contributed by atoms with van der Waals surface area (Å²) < 4.78 is 10.8. The number of carbonyl (C=O) groups excluding carboxylic acids is 2. The molecule has 0 saturated carbocycles. The van der Waals surface area contributed by atoms with E-state index in [0.717, 1.165) is 24.0 Å². The van der Waals surface area contributed by atoms with Gasteiger partial charge in [0.05, 0.1) is 6.04 Å². The van der Waals surface area contributed by atoms with Crippen LogP contribution < -0.4 is 9.47 Å². The highest BCUT2D eigenvalue weighted by Gasteiger charge is 2.34. The van der Waals surface area contributed by atoms with Gasteiger partial charge in [0, 0.05) is 28.6 Å². The van der Waals surface area contributed by atoms with Gasteiger partial charge in [0.1, 0.15) is 6.54 Å². The second-order valence-electron chi connectivity index (χ2n) is 8.39. The molecule has 0 aliphatic carbocycles. The number of amides is 2. The number of halogens is 1. The second-order valence-corrected chi connectivity index (χ2v) is 9.82. The number of nitrogens with zero attached hydrogens (tertiary/aromatic N) is 2. The van der Waals surface area contributed by atoms with Crippen LogP contribution in [0, 0.1) is 0 Å². The molecule has 1 unspecified atom stereocenters. The molecule has 0 spiro atoms. The van der Waals surface area contributed by atoms with Crippen molar-refractivity contribution in [2.24, 2.45) is 0 Å². The molecule has 1 aromatic heterocycles. The fraction of sp³-hybridized carbons (Fsp3) is 0.308. The minimum Gasteiger partial charge on any atom is -0.454 e. The Hall–Kier alpha value is -3.03. The zero-order valence-corrected chi connectivity index (χ0v) is 20.4. The Labute approximate surface area is 207 Å². The normalized spacial score (nSPS) is 16.3. The molecule has 6 nitrogen and oxygen atoms in total. The number of hydrogen-bond acceptors (Lipinski definition) is 5. The quantitative estimate of drug-likeness (QED) is 0.473. The topological polar surface area (TPSA) is 59.1 Å². The number of ether oxygens (including phenoxy) is 2. The lowest BCUT2D eigenvalue weighted by Crippen LogP contribution is -2.47. The first-order valence-electron chi connectivity index (χ1n) is 11.3. The summed E-state index contributed by atoms with van der Waals surface area (Å²) in [6, 6.07) is 14.7. The number of benzene rings is 2. The van der Waals surface area contributed by atoms with Gasteiger partial charge in [-0.2, -0.15) is 0 Å². The van der Waals surface area contributed by atoms with Crippen LogP contribution in [0.1, 0.15) is 45.7 Å². The van der Waals surface area contributed by atoms with Crippen LogP contribution >= 0.6 is 22.9 Å². The van der Waals surface area contributed by atoms with Crippen molar-refractivity contribution >= 4 is 34.8 Å². The van der Waals surface area contributed by atoms with Crippen LogP contribution in [0.25, 0.3) is 0 Å². The van der Waals surface area contributed by atoms with Gasteiger partial charge >= 0.3 is 0 Å². The lowest BCUT2D eigenvalue weighted by Gasteiger charge is -2.37. The monoisotopic (exact) mass is 496 g/mol. The molecule has 2 amide bonds. The van der Waals surface area contributed by atoms with Crippen molar-refractivity contribution < 1.29 is 19.1 Å². The van der Waals surface area contributed by atoms with Crippen LogP contribution in [0.15, 0.2) is 53.9 Å². The van der Waals surface area contributed by atoms with E-state index in [0.29, 0.717) is 35.2 Å². The summed E-state index contributed by atoms with van der Waals surface area (Å²) in [4.78, 5) is 31.8. The van der Waals surface area contributed by atoms with Crippen molar-refractivity contribution in [1.82, 2.24) is 9.80 Å². The van der Waals surface area contributed by atoms with E-state index < -0.39 is 0 Å². The van der Waals surface area contributed by atoms with Gasteiger partial charge in [-0.1, -0.05) is 30.7 Å². The zero-order valence-electron chi connectivity index (χ0n) is 18.8. The van der Waals surface area contributed by atoms with Crippen LogP contribution in [0.4, 0.5) is 0 Å². The third-order valence-electron chi connectivity index (χ3n) is 6.20. The molecule has 2 aliphatic rings. The molecule has 3 aromatic rings. The van der Waals surface area contributed by atoms with Gasteiger partial charge in [-0.05, 0) is 65.7 Å². The predicted octanol–water partition coefficient (Wildman–Crippen LogP) is 5.16. The zero-order chi connectivity index (χ0) is 23.7. The molecule has 2 aliphatic heterocycles. The SMILES string of the molecule is CCCN(CC(=O)N1CCc2sccc2C1c1ccc(Cl)cc1)C(=O)c1ccc2c(c1)OCO2. The van der Waals surface area contributed by atoms with Gasteiger partial charge < -0.3 is 19.3 Å². The summed E-state index contributed by atoms with van der Waals surface area (Å²) in [5.41, 5.74) is 2.65. The van der Waals surface area contributed by atoms with Crippen LogP contribution in [0.3, 0.4) is 0 Å². The molecule has 3 heterocycles. The molecule has 0 radical (unpaired) electrons. The molecule has 34 heavy (non-hydrogen) atoms. The van der Waals surface area contributed by atoms with Crippen LogP contribution in [-0.4, -0.2) is 48.0 Å². The van der Waals surface area contributed by atoms with Crippen molar-refractivity contribution in [3.63, 3.8) is 0 Å². The van der Waals surface area contributed by atoms with Gasteiger partial charge in [-0.3, -0.25) is 9.59 Å². The lowest BCUT2D eigenvalue weighted by molar-refractivity contribution is -0.134. The van der Waals surface area contributed by atoms with Gasteiger partial charge in [0.25, 0.3) is 5.91 Å². The maximum absolute atomic E-state index is 13.7. The van der Waals surface area contributed by atoms with Gasteiger partial charge in [-0.25, -0.2) is 0 Å². The summed E-state index contributed by atoms with van der Waals surface area (Å²) in [5.74, 6) is 0.918. The molecule has 176 valence electrons. The van der Waals surface area contributed by atoms with E-state index in [-0.39, 0.29) is 31.2 Å². The van der Waals surface area contributed by atoms with Crippen LogP contribution in [0.5, 0.6) is 11.5 Å². The van der Waals surface area contributed by atoms with Gasteiger partial charge in [0.15, 0.2) is 11.5 Å².